The number of hydrazone groups is 1. The number of nitrogens with zero attached hydrogens (tertiary/aromatic N) is 3. The van der Waals surface area contributed by atoms with Crippen molar-refractivity contribution in [3.8, 4) is 0 Å². The lowest BCUT2D eigenvalue weighted by atomic mass is 9.90. The van der Waals surface area contributed by atoms with Crippen LogP contribution in [0.4, 0.5) is 5.95 Å². The maximum atomic E-state index is 11.4. The zero-order valence-corrected chi connectivity index (χ0v) is 11.1. The van der Waals surface area contributed by atoms with Crippen LogP contribution in [0.5, 0.6) is 0 Å². The molecule has 0 spiro atoms. The van der Waals surface area contributed by atoms with Crippen molar-refractivity contribution in [1.82, 2.24) is 15.2 Å². The van der Waals surface area contributed by atoms with Crippen LogP contribution in [0.1, 0.15) is 25.5 Å². The molecule has 1 fully saturated rings. The number of aromatic nitrogens is 3. The van der Waals surface area contributed by atoms with Gasteiger partial charge >= 0.3 is 0 Å². The first kappa shape index (κ1) is 12.1. The van der Waals surface area contributed by atoms with Crippen LogP contribution >= 0.6 is 0 Å². The van der Waals surface area contributed by atoms with E-state index < -0.39 is 0 Å². The standard InChI is InChI=1S/C13H17N5O/c1-7(11-6-9-3-4-10(11)5-9)15-17-13-14-12(19)8(2)16-18-13/h3-4,9-11H,5-6H2,1-2H3,(H2,14,17,18,19)/b15-7+. The molecule has 2 N–H and O–H groups in total. The van der Waals surface area contributed by atoms with Crippen LogP contribution in [-0.4, -0.2) is 20.9 Å². The Bertz CT molecular complexity index is 603. The number of fused-ring (bicyclic) bond motifs is 2. The van der Waals surface area contributed by atoms with E-state index in [4.69, 9.17) is 0 Å². The van der Waals surface area contributed by atoms with E-state index in [1.807, 2.05) is 6.92 Å². The second-order valence-corrected chi connectivity index (χ2v) is 5.34. The van der Waals surface area contributed by atoms with E-state index in [1.165, 1.54) is 12.8 Å². The van der Waals surface area contributed by atoms with Gasteiger partial charge in [0.25, 0.3) is 5.56 Å². The van der Waals surface area contributed by atoms with Gasteiger partial charge in [-0.25, -0.2) is 5.43 Å². The summed E-state index contributed by atoms with van der Waals surface area (Å²) in [6, 6.07) is 0. The van der Waals surface area contributed by atoms with E-state index in [2.05, 4.69) is 37.9 Å². The molecule has 19 heavy (non-hydrogen) atoms. The van der Waals surface area contributed by atoms with Crippen LogP contribution in [-0.2, 0) is 0 Å². The average molecular weight is 259 g/mol. The molecule has 1 aromatic heterocycles. The molecule has 3 unspecified atom stereocenters. The van der Waals surface area contributed by atoms with Gasteiger partial charge in [-0.1, -0.05) is 12.2 Å². The minimum absolute atomic E-state index is 0.242. The number of aromatic amines is 1. The monoisotopic (exact) mass is 259 g/mol. The number of allylic oxidation sites excluding steroid dienone is 2. The Labute approximate surface area is 111 Å². The molecular weight excluding hydrogens is 242 g/mol. The lowest BCUT2D eigenvalue weighted by Crippen LogP contribution is -2.19. The van der Waals surface area contributed by atoms with Crippen molar-refractivity contribution in [3.63, 3.8) is 0 Å². The maximum absolute atomic E-state index is 11.4. The van der Waals surface area contributed by atoms with Crippen LogP contribution in [0, 0.1) is 24.7 Å². The molecule has 6 heteroatoms. The van der Waals surface area contributed by atoms with Gasteiger partial charge in [0.1, 0.15) is 5.69 Å². The summed E-state index contributed by atoms with van der Waals surface area (Å²) in [7, 11) is 0. The molecule has 0 amide bonds. The first-order valence-corrected chi connectivity index (χ1v) is 6.55. The number of hydrogen-bond donors (Lipinski definition) is 2. The molecule has 0 saturated heterocycles. The molecule has 0 radical (unpaired) electrons. The van der Waals surface area contributed by atoms with Crippen molar-refractivity contribution in [2.75, 3.05) is 5.43 Å². The van der Waals surface area contributed by atoms with E-state index in [1.54, 1.807) is 6.92 Å². The Balaban J connectivity index is 1.70. The van der Waals surface area contributed by atoms with Crippen LogP contribution in [0.25, 0.3) is 0 Å². The summed E-state index contributed by atoms with van der Waals surface area (Å²) in [5, 5.41) is 11.9. The third-order valence-electron chi connectivity index (χ3n) is 4.01. The highest BCUT2D eigenvalue weighted by Gasteiger charge is 2.37. The minimum atomic E-state index is -0.242. The Morgan fingerprint density at radius 1 is 1.42 bits per heavy atom. The summed E-state index contributed by atoms with van der Waals surface area (Å²) < 4.78 is 0. The van der Waals surface area contributed by atoms with E-state index in [-0.39, 0.29) is 11.5 Å². The van der Waals surface area contributed by atoms with Gasteiger partial charge in [-0.2, -0.15) is 5.10 Å². The molecule has 2 bridgehead atoms. The second kappa shape index (κ2) is 4.60. The number of nitrogens with one attached hydrogen (secondary N) is 2. The number of aryl methyl sites for hydroxylation is 1. The summed E-state index contributed by atoms with van der Waals surface area (Å²) in [6.07, 6.45) is 7.03. The van der Waals surface area contributed by atoms with Crippen LogP contribution < -0.4 is 11.0 Å². The first-order valence-electron chi connectivity index (χ1n) is 6.55. The lowest BCUT2D eigenvalue weighted by molar-refractivity contribution is 0.581. The molecule has 1 saturated carbocycles. The quantitative estimate of drug-likeness (QED) is 0.489. The zero-order chi connectivity index (χ0) is 13.4. The third-order valence-corrected chi connectivity index (χ3v) is 4.01. The highest BCUT2D eigenvalue weighted by molar-refractivity contribution is 5.86. The number of hydrogen-bond acceptors (Lipinski definition) is 5. The molecular formula is C13H17N5O. The molecule has 0 aliphatic heterocycles. The van der Waals surface area contributed by atoms with E-state index in [0.29, 0.717) is 17.5 Å². The minimum Gasteiger partial charge on any atom is -0.288 e. The molecule has 1 heterocycles. The van der Waals surface area contributed by atoms with Crippen molar-refractivity contribution >= 4 is 11.7 Å². The van der Waals surface area contributed by atoms with Crippen LogP contribution in [0.3, 0.4) is 0 Å². The Kier molecular flexibility index (Phi) is 2.93. The fraction of sp³-hybridized carbons (Fsp3) is 0.538. The van der Waals surface area contributed by atoms with E-state index in [9.17, 15) is 4.79 Å². The van der Waals surface area contributed by atoms with Gasteiger partial charge in [-0.05, 0) is 38.5 Å². The third kappa shape index (κ3) is 2.30. The van der Waals surface area contributed by atoms with Gasteiger partial charge in [0.05, 0.1) is 0 Å². The number of rotatable bonds is 3. The summed E-state index contributed by atoms with van der Waals surface area (Å²) >= 11 is 0. The maximum Gasteiger partial charge on any atom is 0.274 e. The summed E-state index contributed by atoms with van der Waals surface area (Å²) in [5.41, 5.74) is 3.95. The normalized spacial score (nSPS) is 28.9. The molecule has 1 aromatic rings. The van der Waals surface area contributed by atoms with Crippen molar-refractivity contribution < 1.29 is 0 Å². The summed E-state index contributed by atoms with van der Waals surface area (Å²) in [5.74, 6) is 2.14. The van der Waals surface area contributed by atoms with Gasteiger partial charge in [-0.15, -0.1) is 10.2 Å². The fourth-order valence-corrected chi connectivity index (χ4v) is 2.93. The van der Waals surface area contributed by atoms with Crippen molar-refractivity contribution in [2.24, 2.45) is 22.9 Å². The predicted molar refractivity (Wildman–Crippen MR) is 73.0 cm³/mol. The topological polar surface area (TPSA) is 83.0 Å². The highest BCUT2D eigenvalue weighted by Crippen LogP contribution is 2.43. The van der Waals surface area contributed by atoms with Gasteiger partial charge in [0.2, 0.25) is 5.95 Å². The van der Waals surface area contributed by atoms with Gasteiger partial charge in [0, 0.05) is 11.6 Å². The van der Waals surface area contributed by atoms with Crippen molar-refractivity contribution in [2.45, 2.75) is 26.7 Å². The number of anilines is 1. The summed E-state index contributed by atoms with van der Waals surface area (Å²) in [4.78, 5) is 14.0. The predicted octanol–water partition coefficient (Wildman–Crippen LogP) is 1.47. The molecule has 3 rings (SSSR count). The molecule has 2 aliphatic rings. The van der Waals surface area contributed by atoms with E-state index >= 15 is 0 Å². The van der Waals surface area contributed by atoms with Gasteiger partial charge in [-0.3, -0.25) is 9.78 Å². The summed E-state index contributed by atoms with van der Waals surface area (Å²) in [6.45, 7) is 3.64. The van der Waals surface area contributed by atoms with Crippen LogP contribution in [0.2, 0.25) is 0 Å². The highest BCUT2D eigenvalue weighted by atomic mass is 16.1. The Morgan fingerprint density at radius 3 is 2.89 bits per heavy atom. The lowest BCUT2D eigenvalue weighted by Gasteiger charge is -2.17. The van der Waals surface area contributed by atoms with Gasteiger partial charge in [0.15, 0.2) is 0 Å². The van der Waals surface area contributed by atoms with Crippen molar-refractivity contribution in [3.05, 3.63) is 28.2 Å². The molecule has 2 aliphatic carbocycles. The molecule has 0 aromatic carbocycles. The van der Waals surface area contributed by atoms with E-state index in [0.717, 1.165) is 11.6 Å². The SMILES string of the molecule is C/C(=N\Nc1nnc(C)c(=O)[nH]1)C1CC2C=CC1C2. The van der Waals surface area contributed by atoms with Crippen LogP contribution in [0.15, 0.2) is 22.0 Å². The Morgan fingerprint density at radius 2 is 2.26 bits per heavy atom. The van der Waals surface area contributed by atoms with Crippen molar-refractivity contribution in [1.29, 1.82) is 0 Å². The molecule has 3 atom stereocenters. The average Bonchev–Trinajstić information content (AvgIpc) is 3.02. The fourth-order valence-electron chi connectivity index (χ4n) is 2.93. The second-order valence-electron chi connectivity index (χ2n) is 5.34. The molecule has 100 valence electrons. The smallest absolute Gasteiger partial charge is 0.274 e. The number of H-pyrrole nitrogens is 1. The Hall–Kier alpha value is -1.98. The first-order chi connectivity index (χ1) is 9.13. The van der Waals surface area contributed by atoms with Gasteiger partial charge < -0.3 is 0 Å². The molecule has 6 nitrogen and oxygen atoms in total. The zero-order valence-electron chi connectivity index (χ0n) is 11.1. The largest absolute Gasteiger partial charge is 0.288 e.